The molecular weight excluding hydrogens is 557 g/mol. The van der Waals surface area contributed by atoms with Crippen molar-refractivity contribution in [3.05, 3.63) is 29.5 Å². The fourth-order valence-corrected chi connectivity index (χ4v) is 6.90. The lowest BCUT2D eigenvalue weighted by Crippen LogP contribution is -2.38. The van der Waals surface area contributed by atoms with Gasteiger partial charge in [0, 0.05) is 12.5 Å². The highest BCUT2D eigenvalue weighted by molar-refractivity contribution is 7.89. The van der Waals surface area contributed by atoms with Crippen molar-refractivity contribution in [1.82, 2.24) is 15.0 Å². The number of carbonyl (C=O) groups excluding carboxylic acids is 1. The summed E-state index contributed by atoms with van der Waals surface area (Å²) in [7, 11) is -3.62. The highest BCUT2D eigenvalue weighted by Crippen LogP contribution is 2.35. The van der Waals surface area contributed by atoms with Gasteiger partial charge in [-0.25, -0.2) is 22.9 Å². The van der Waals surface area contributed by atoms with Crippen molar-refractivity contribution in [2.45, 2.75) is 63.4 Å². The van der Waals surface area contributed by atoms with Crippen molar-refractivity contribution in [2.24, 2.45) is 11.8 Å². The van der Waals surface area contributed by atoms with Gasteiger partial charge in [-0.15, -0.1) is 0 Å². The molecule has 4 rings (SSSR count). The second kappa shape index (κ2) is 13.2. The molecule has 2 heterocycles. The highest BCUT2D eigenvalue weighted by atomic mass is 32.2. The Hall–Kier alpha value is -2.55. The molecule has 1 aromatic carbocycles. The zero-order chi connectivity index (χ0) is 28.8. The van der Waals surface area contributed by atoms with Crippen LogP contribution in [-0.4, -0.2) is 56.2 Å². The zero-order valence-electron chi connectivity index (χ0n) is 21.7. The quantitative estimate of drug-likeness (QED) is 0.374. The largest absolute Gasteiger partial charge is 0.490 e. The summed E-state index contributed by atoms with van der Waals surface area (Å²) in [5, 5.41) is 14.0. The third-order valence-electron chi connectivity index (χ3n) is 6.70. The fraction of sp³-hybridized carbons (Fsp3) is 0.560. The van der Waals surface area contributed by atoms with E-state index in [4.69, 9.17) is 9.90 Å². The van der Waals surface area contributed by atoms with E-state index in [2.05, 4.69) is 20.3 Å². The van der Waals surface area contributed by atoms with E-state index in [1.54, 1.807) is 6.07 Å². The summed E-state index contributed by atoms with van der Waals surface area (Å²) >= 11 is 1.39. The van der Waals surface area contributed by atoms with Crippen molar-refractivity contribution in [3.8, 4) is 10.4 Å². The van der Waals surface area contributed by atoms with Crippen LogP contribution in [0.1, 0.15) is 49.8 Å². The van der Waals surface area contributed by atoms with E-state index in [1.807, 2.05) is 26.0 Å². The van der Waals surface area contributed by atoms with Crippen LogP contribution in [0.3, 0.4) is 0 Å². The molecule has 14 heteroatoms. The van der Waals surface area contributed by atoms with Crippen molar-refractivity contribution >= 4 is 38.4 Å². The molecule has 1 amide bonds. The minimum absolute atomic E-state index is 0.0383. The Morgan fingerprint density at radius 1 is 1.15 bits per heavy atom. The second-order valence-corrected chi connectivity index (χ2v) is 12.5. The standard InChI is InChI=1S/C23H32N4O3S2.C2HF3O2/c1-15-9-10-19(12-20(15)32(29,30)25-14-17-6-5-11-24-13-17)21-16(2)26-23(31-21)27-22(28)18-7-3-4-8-18;3-2(4,5)1(6)7/h9-10,12,17-18,24-25H,3-8,11,13-14H2,1-2H3,(H,26,27,28);(H,6,7). The Bertz CT molecular complexity index is 1270. The van der Waals surface area contributed by atoms with Crippen LogP contribution in [0.15, 0.2) is 23.1 Å². The highest BCUT2D eigenvalue weighted by Gasteiger charge is 2.38. The average Bonchev–Trinajstić information content (AvgIpc) is 3.54. The first-order chi connectivity index (χ1) is 18.3. The summed E-state index contributed by atoms with van der Waals surface area (Å²) in [6.07, 6.45) is 1.10. The maximum atomic E-state index is 13.1. The zero-order valence-corrected chi connectivity index (χ0v) is 23.4. The van der Waals surface area contributed by atoms with Crippen LogP contribution in [0.5, 0.6) is 0 Å². The first-order valence-corrected chi connectivity index (χ1v) is 15.0. The molecule has 1 aromatic heterocycles. The van der Waals surface area contributed by atoms with Gasteiger partial charge in [0.1, 0.15) is 0 Å². The third kappa shape index (κ3) is 8.72. The molecular formula is C25H33F3N4O5S2. The van der Waals surface area contributed by atoms with Crippen molar-refractivity contribution in [2.75, 3.05) is 25.0 Å². The molecule has 1 saturated carbocycles. The van der Waals surface area contributed by atoms with E-state index < -0.39 is 22.2 Å². The number of carbonyl (C=O) groups is 2. The van der Waals surface area contributed by atoms with Gasteiger partial charge in [-0.3, -0.25) is 4.79 Å². The number of anilines is 1. The molecule has 1 aliphatic heterocycles. The summed E-state index contributed by atoms with van der Waals surface area (Å²) in [5.74, 6) is -2.33. The Kier molecular flexibility index (Phi) is 10.5. The molecule has 0 spiro atoms. The van der Waals surface area contributed by atoms with E-state index >= 15 is 0 Å². The first-order valence-electron chi connectivity index (χ1n) is 12.7. The molecule has 216 valence electrons. The SMILES string of the molecule is Cc1ccc(-c2sc(NC(=O)C3CCCC3)nc2C)cc1S(=O)(=O)NCC1CCCNC1.O=C(O)C(F)(F)F. The Balaban J connectivity index is 0.000000532. The summed E-state index contributed by atoms with van der Waals surface area (Å²) in [6.45, 7) is 5.99. The lowest BCUT2D eigenvalue weighted by atomic mass is 10.0. The number of amides is 1. The van der Waals surface area contributed by atoms with Gasteiger partial charge in [0.2, 0.25) is 15.9 Å². The van der Waals surface area contributed by atoms with E-state index in [-0.39, 0.29) is 11.8 Å². The third-order valence-corrected chi connectivity index (χ3v) is 9.38. The van der Waals surface area contributed by atoms with E-state index in [0.717, 1.165) is 67.7 Å². The summed E-state index contributed by atoms with van der Waals surface area (Å²) in [6, 6.07) is 5.48. The second-order valence-electron chi connectivity index (χ2n) is 9.75. The minimum Gasteiger partial charge on any atom is -0.475 e. The number of hydrogen-bond acceptors (Lipinski definition) is 7. The lowest BCUT2D eigenvalue weighted by molar-refractivity contribution is -0.192. The van der Waals surface area contributed by atoms with Crippen molar-refractivity contribution < 1.29 is 36.3 Å². The number of aliphatic carboxylic acids is 1. The summed E-state index contributed by atoms with van der Waals surface area (Å²) in [4.78, 5) is 27.1. The molecule has 0 radical (unpaired) electrons. The van der Waals surface area contributed by atoms with Crippen LogP contribution < -0.4 is 15.4 Å². The number of aromatic nitrogens is 1. The van der Waals surface area contributed by atoms with Crippen LogP contribution in [0.25, 0.3) is 10.4 Å². The summed E-state index contributed by atoms with van der Waals surface area (Å²) < 4.78 is 60.7. The molecule has 2 aliphatic rings. The molecule has 1 unspecified atom stereocenters. The number of aryl methyl sites for hydroxylation is 2. The lowest BCUT2D eigenvalue weighted by Gasteiger charge is -2.23. The van der Waals surface area contributed by atoms with Gasteiger partial charge in [0.25, 0.3) is 0 Å². The Labute approximate surface area is 229 Å². The van der Waals surface area contributed by atoms with Gasteiger partial charge in [0.15, 0.2) is 5.13 Å². The molecule has 0 bridgehead atoms. The molecule has 1 saturated heterocycles. The predicted molar refractivity (Wildman–Crippen MR) is 142 cm³/mol. The number of carboxylic acid groups (broad SMARTS) is 1. The van der Waals surface area contributed by atoms with E-state index in [0.29, 0.717) is 28.1 Å². The number of carboxylic acids is 1. The van der Waals surface area contributed by atoms with Crippen LogP contribution in [0.4, 0.5) is 18.3 Å². The van der Waals surface area contributed by atoms with E-state index in [1.165, 1.54) is 11.3 Å². The topological polar surface area (TPSA) is 137 Å². The van der Waals surface area contributed by atoms with Gasteiger partial charge in [-0.05, 0) is 75.7 Å². The first kappa shape index (κ1) is 31.0. The number of sulfonamides is 1. The van der Waals surface area contributed by atoms with Gasteiger partial charge in [-0.2, -0.15) is 13.2 Å². The molecule has 2 aromatic rings. The molecule has 9 nitrogen and oxygen atoms in total. The van der Waals surface area contributed by atoms with Crippen molar-refractivity contribution in [1.29, 1.82) is 0 Å². The number of rotatable bonds is 7. The van der Waals surface area contributed by atoms with E-state index in [9.17, 15) is 26.4 Å². The van der Waals surface area contributed by atoms with Gasteiger partial charge in [-0.1, -0.05) is 36.3 Å². The number of hydrogen-bond donors (Lipinski definition) is 4. The molecule has 4 N–H and O–H groups in total. The molecule has 1 aliphatic carbocycles. The molecule has 2 fully saturated rings. The number of nitrogens with zero attached hydrogens (tertiary/aromatic N) is 1. The fourth-order valence-electron chi connectivity index (χ4n) is 4.55. The van der Waals surface area contributed by atoms with Crippen LogP contribution in [0.2, 0.25) is 0 Å². The number of alkyl halides is 3. The number of nitrogens with one attached hydrogen (secondary N) is 3. The number of halogens is 3. The van der Waals surface area contributed by atoms with Gasteiger partial charge >= 0.3 is 12.1 Å². The monoisotopic (exact) mass is 590 g/mol. The van der Waals surface area contributed by atoms with Gasteiger partial charge in [0.05, 0.1) is 15.5 Å². The number of thiazole rings is 1. The smallest absolute Gasteiger partial charge is 0.475 e. The maximum absolute atomic E-state index is 13.1. The summed E-state index contributed by atoms with van der Waals surface area (Å²) in [5.41, 5.74) is 2.29. The predicted octanol–water partition coefficient (Wildman–Crippen LogP) is 4.47. The Morgan fingerprint density at radius 3 is 2.41 bits per heavy atom. The van der Waals surface area contributed by atoms with Crippen LogP contribution in [0, 0.1) is 25.7 Å². The van der Waals surface area contributed by atoms with Crippen LogP contribution in [-0.2, 0) is 19.6 Å². The van der Waals surface area contributed by atoms with Crippen LogP contribution >= 0.6 is 11.3 Å². The Morgan fingerprint density at radius 2 is 1.82 bits per heavy atom. The minimum atomic E-state index is -5.08. The van der Waals surface area contributed by atoms with Crippen molar-refractivity contribution in [3.63, 3.8) is 0 Å². The van der Waals surface area contributed by atoms with Gasteiger partial charge < -0.3 is 15.7 Å². The number of benzene rings is 1. The number of piperidine rings is 1. The average molecular weight is 591 g/mol. The molecule has 39 heavy (non-hydrogen) atoms. The molecule has 1 atom stereocenters. The normalized spacial score (nSPS) is 18.3. The maximum Gasteiger partial charge on any atom is 0.490 e.